The van der Waals surface area contributed by atoms with Crippen molar-refractivity contribution in [2.75, 3.05) is 0 Å². The van der Waals surface area contributed by atoms with E-state index in [0.29, 0.717) is 5.69 Å². The predicted molar refractivity (Wildman–Crippen MR) is 82.3 cm³/mol. The predicted octanol–water partition coefficient (Wildman–Crippen LogP) is -0.00390. The van der Waals surface area contributed by atoms with Crippen LogP contribution in [-0.2, 0) is 0 Å². The minimum atomic E-state index is -0.937. The van der Waals surface area contributed by atoms with Crippen LogP contribution in [0, 0.1) is 0 Å². The van der Waals surface area contributed by atoms with Gasteiger partial charge in [0, 0.05) is 4.47 Å². The number of primary amides is 1. The van der Waals surface area contributed by atoms with Gasteiger partial charge in [0.05, 0.1) is 11.9 Å². The first kappa shape index (κ1) is 15.5. The fraction of sp³-hybridized carbons (Fsp3) is 0. The Bertz CT molecular complexity index is 853. The van der Waals surface area contributed by atoms with Gasteiger partial charge in [-0.15, -0.1) is 0 Å². The van der Waals surface area contributed by atoms with E-state index in [1.54, 1.807) is 24.3 Å². The average Bonchev–Trinajstić information content (AvgIpc) is 2.44. The second-order valence-electron chi connectivity index (χ2n) is 4.04. The lowest BCUT2D eigenvalue weighted by molar-refractivity contribution is 0.249. The van der Waals surface area contributed by atoms with Gasteiger partial charge >= 0.3 is 11.7 Å². The van der Waals surface area contributed by atoms with E-state index in [1.165, 1.54) is 0 Å². The lowest BCUT2D eigenvalue weighted by atomic mass is 10.3. The Morgan fingerprint density at radius 3 is 2.59 bits per heavy atom. The maximum atomic E-state index is 11.9. The number of hydrazone groups is 1. The van der Waals surface area contributed by atoms with Crippen molar-refractivity contribution < 1.29 is 9.90 Å². The number of rotatable bonds is 3. The minimum absolute atomic E-state index is 0.309. The van der Waals surface area contributed by atoms with Gasteiger partial charge in [0.15, 0.2) is 0 Å². The molecule has 2 aromatic rings. The summed E-state index contributed by atoms with van der Waals surface area (Å²) in [6, 6.07) is 5.51. The van der Waals surface area contributed by atoms with Gasteiger partial charge in [-0.25, -0.2) is 19.6 Å². The Morgan fingerprint density at radius 1 is 1.36 bits per heavy atom. The third-order valence-corrected chi connectivity index (χ3v) is 3.10. The number of carbonyl (C=O) groups is 1. The number of amides is 2. The Balaban J connectivity index is 2.58. The molecule has 0 saturated heterocycles. The molecule has 5 N–H and O–H groups in total. The molecule has 0 radical (unpaired) electrons. The molecule has 9 nitrogen and oxygen atoms in total. The van der Waals surface area contributed by atoms with Gasteiger partial charge in [-0.1, -0.05) is 15.9 Å². The summed E-state index contributed by atoms with van der Waals surface area (Å²) in [6.07, 6.45) is 0.883. The Morgan fingerprint density at radius 2 is 2.00 bits per heavy atom. The van der Waals surface area contributed by atoms with Crippen molar-refractivity contribution in [3.8, 4) is 11.6 Å². The van der Waals surface area contributed by atoms with E-state index < -0.39 is 23.2 Å². The third-order valence-electron chi connectivity index (χ3n) is 2.57. The summed E-state index contributed by atoms with van der Waals surface area (Å²) < 4.78 is 1.67. The van der Waals surface area contributed by atoms with Crippen molar-refractivity contribution in [1.82, 2.24) is 15.0 Å². The zero-order valence-electron chi connectivity index (χ0n) is 10.9. The Labute approximate surface area is 131 Å². The average molecular weight is 368 g/mol. The van der Waals surface area contributed by atoms with Crippen molar-refractivity contribution in [3.63, 3.8) is 0 Å². The summed E-state index contributed by atoms with van der Waals surface area (Å²) in [5.74, 6) is -0.619. The zero-order valence-corrected chi connectivity index (χ0v) is 12.5. The molecule has 1 aromatic heterocycles. The highest BCUT2D eigenvalue weighted by Crippen LogP contribution is 2.17. The summed E-state index contributed by atoms with van der Waals surface area (Å²) in [7, 11) is 0. The van der Waals surface area contributed by atoms with Crippen LogP contribution in [0.3, 0.4) is 0 Å². The maximum absolute atomic E-state index is 11.9. The van der Waals surface area contributed by atoms with Crippen LogP contribution in [0.5, 0.6) is 5.88 Å². The largest absolute Gasteiger partial charge is 0.493 e. The topological polar surface area (TPSA) is 143 Å². The number of urea groups is 1. The van der Waals surface area contributed by atoms with Gasteiger partial charge in [-0.3, -0.25) is 9.78 Å². The van der Waals surface area contributed by atoms with E-state index >= 15 is 0 Å². The van der Waals surface area contributed by atoms with Crippen LogP contribution in [0.15, 0.2) is 43.4 Å². The highest BCUT2D eigenvalue weighted by molar-refractivity contribution is 9.10. The number of nitrogens with zero attached hydrogens (tertiary/aromatic N) is 2. The Kier molecular flexibility index (Phi) is 4.41. The molecule has 0 aliphatic carbocycles. The number of aromatic amines is 1. The number of nitrogens with two attached hydrogens (primary N) is 1. The van der Waals surface area contributed by atoms with E-state index in [0.717, 1.165) is 15.3 Å². The van der Waals surface area contributed by atoms with E-state index in [9.17, 15) is 19.5 Å². The van der Waals surface area contributed by atoms with Crippen molar-refractivity contribution in [2.45, 2.75) is 0 Å². The fourth-order valence-electron chi connectivity index (χ4n) is 1.65. The lowest BCUT2D eigenvalue weighted by Crippen LogP contribution is -2.32. The quantitative estimate of drug-likeness (QED) is 0.447. The van der Waals surface area contributed by atoms with Crippen molar-refractivity contribution in [3.05, 3.63) is 55.1 Å². The molecule has 0 saturated carbocycles. The molecular weight excluding hydrogens is 358 g/mol. The molecule has 2 rings (SSSR count). The lowest BCUT2D eigenvalue weighted by Gasteiger charge is -2.09. The number of benzene rings is 1. The van der Waals surface area contributed by atoms with Crippen LogP contribution in [0.4, 0.5) is 4.79 Å². The molecule has 10 heteroatoms. The van der Waals surface area contributed by atoms with Gasteiger partial charge < -0.3 is 10.8 Å². The molecule has 114 valence electrons. The summed E-state index contributed by atoms with van der Waals surface area (Å²) in [6.45, 7) is 0. The zero-order chi connectivity index (χ0) is 16.3. The van der Waals surface area contributed by atoms with Gasteiger partial charge in [0.2, 0.25) is 5.88 Å². The molecule has 1 aromatic carbocycles. The van der Waals surface area contributed by atoms with E-state index in [1.807, 2.05) is 10.4 Å². The van der Waals surface area contributed by atoms with Gasteiger partial charge in [-0.05, 0) is 24.3 Å². The number of aromatic nitrogens is 2. The van der Waals surface area contributed by atoms with Crippen LogP contribution < -0.4 is 22.4 Å². The molecule has 22 heavy (non-hydrogen) atoms. The monoisotopic (exact) mass is 367 g/mol. The number of halogens is 1. The highest BCUT2D eigenvalue weighted by Gasteiger charge is 2.14. The molecule has 0 bridgehead atoms. The van der Waals surface area contributed by atoms with Gasteiger partial charge in [0.25, 0.3) is 5.56 Å². The standard InChI is InChI=1S/C12H10BrN5O4/c13-6-1-3-7(4-2-6)18-10(20)8(5-15-17-11(14)21)9(19)16-12(18)22/h1-5,20H,(H3,14,17,21)(H,16,19,22)/b15-5+. The van der Waals surface area contributed by atoms with Crippen molar-refractivity contribution in [2.24, 2.45) is 10.8 Å². The molecular formula is C12H10BrN5O4. The number of carbonyl (C=O) groups excluding carboxylic acids is 1. The van der Waals surface area contributed by atoms with E-state index in [4.69, 9.17) is 5.73 Å². The SMILES string of the molecule is NC(=O)N/N=C/c1c(O)n(-c2ccc(Br)cc2)c(=O)[nH]c1=O. The number of hydrogen-bond acceptors (Lipinski definition) is 5. The summed E-state index contributed by atoms with van der Waals surface area (Å²) in [5, 5.41) is 13.5. The number of nitrogens with one attached hydrogen (secondary N) is 2. The van der Waals surface area contributed by atoms with Crippen LogP contribution in [0.1, 0.15) is 5.56 Å². The second kappa shape index (κ2) is 6.26. The van der Waals surface area contributed by atoms with Crippen LogP contribution in [-0.4, -0.2) is 26.9 Å². The second-order valence-corrected chi connectivity index (χ2v) is 4.96. The summed E-state index contributed by atoms with van der Waals surface area (Å²) in [5.41, 5.74) is 5.05. The first-order valence-electron chi connectivity index (χ1n) is 5.83. The smallest absolute Gasteiger partial charge is 0.335 e. The number of H-pyrrole nitrogens is 1. The Hall–Kier alpha value is -2.88. The van der Waals surface area contributed by atoms with Gasteiger partial charge in [-0.2, -0.15) is 5.10 Å². The first-order valence-corrected chi connectivity index (χ1v) is 6.62. The molecule has 0 atom stereocenters. The minimum Gasteiger partial charge on any atom is -0.493 e. The van der Waals surface area contributed by atoms with E-state index in [-0.39, 0.29) is 5.56 Å². The molecule has 0 spiro atoms. The maximum Gasteiger partial charge on any atom is 0.335 e. The van der Waals surface area contributed by atoms with Crippen molar-refractivity contribution >= 4 is 28.2 Å². The fourth-order valence-corrected chi connectivity index (χ4v) is 1.91. The van der Waals surface area contributed by atoms with Crippen LogP contribution in [0.25, 0.3) is 5.69 Å². The van der Waals surface area contributed by atoms with Crippen LogP contribution in [0.2, 0.25) is 0 Å². The van der Waals surface area contributed by atoms with Crippen LogP contribution >= 0.6 is 15.9 Å². The number of hydrogen-bond donors (Lipinski definition) is 4. The van der Waals surface area contributed by atoms with Gasteiger partial charge in [0.1, 0.15) is 5.56 Å². The third kappa shape index (κ3) is 3.23. The molecule has 1 heterocycles. The highest BCUT2D eigenvalue weighted by atomic mass is 79.9. The molecule has 0 fully saturated rings. The first-order chi connectivity index (χ1) is 10.4. The molecule has 0 unspecified atom stereocenters. The van der Waals surface area contributed by atoms with E-state index in [2.05, 4.69) is 21.0 Å². The molecule has 0 aliphatic heterocycles. The number of aromatic hydroxyl groups is 1. The normalized spacial score (nSPS) is 10.8. The summed E-state index contributed by atoms with van der Waals surface area (Å²) in [4.78, 5) is 36.2. The molecule has 2 amide bonds. The summed E-state index contributed by atoms with van der Waals surface area (Å²) >= 11 is 3.25. The van der Waals surface area contributed by atoms with Crippen molar-refractivity contribution in [1.29, 1.82) is 0 Å². The molecule has 0 aliphatic rings.